The highest BCUT2D eigenvalue weighted by Crippen LogP contribution is 2.37. The number of hydrogen-bond acceptors (Lipinski definition) is 8. The molecule has 2 fully saturated rings. The van der Waals surface area contributed by atoms with Gasteiger partial charge in [0.1, 0.15) is 17.2 Å². The second-order valence-corrected chi connectivity index (χ2v) is 7.20. The molecule has 0 spiro atoms. The molecule has 0 N–H and O–H groups in total. The van der Waals surface area contributed by atoms with E-state index in [-0.39, 0.29) is 17.3 Å². The summed E-state index contributed by atoms with van der Waals surface area (Å²) >= 11 is 0. The molecule has 3 aliphatic rings. The van der Waals surface area contributed by atoms with Crippen LogP contribution >= 0.6 is 0 Å². The van der Waals surface area contributed by atoms with Crippen LogP contribution in [-0.4, -0.2) is 83.7 Å². The van der Waals surface area contributed by atoms with Gasteiger partial charge in [0.15, 0.2) is 5.82 Å². The van der Waals surface area contributed by atoms with Crippen LogP contribution in [0.4, 0.5) is 11.6 Å². The van der Waals surface area contributed by atoms with Crippen molar-refractivity contribution in [3.8, 4) is 0 Å². The Morgan fingerprint density at radius 3 is 2.00 bits per heavy atom. The van der Waals surface area contributed by atoms with Crippen molar-refractivity contribution in [3.05, 3.63) is 22.5 Å². The van der Waals surface area contributed by atoms with Gasteiger partial charge in [-0.1, -0.05) is 0 Å². The molecule has 2 aromatic heterocycles. The number of fused-ring (bicyclic) bond motifs is 2. The van der Waals surface area contributed by atoms with Crippen LogP contribution in [0.15, 0.2) is 0 Å². The molecule has 10 heteroatoms. The molecule has 2 saturated heterocycles. The van der Waals surface area contributed by atoms with Gasteiger partial charge in [-0.25, -0.2) is 0 Å². The summed E-state index contributed by atoms with van der Waals surface area (Å²) in [5.41, 5.74) is 1.28. The summed E-state index contributed by atoms with van der Waals surface area (Å²) in [5.74, 6) is 0.780. The van der Waals surface area contributed by atoms with Crippen molar-refractivity contribution in [2.75, 3.05) is 62.4 Å². The van der Waals surface area contributed by atoms with E-state index in [1.54, 1.807) is 18.8 Å². The van der Waals surface area contributed by atoms with Gasteiger partial charge in [0.2, 0.25) is 11.6 Å². The van der Waals surface area contributed by atoms with Crippen molar-refractivity contribution in [2.45, 2.75) is 0 Å². The molecule has 1 aliphatic carbocycles. The first-order chi connectivity index (χ1) is 13.6. The lowest BCUT2D eigenvalue weighted by Gasteiger charge is -2.29. The quantitative estimate of drug-likeness (QED) is 0.587. The number of hydrogen-bond donors (Lipinski definition) is 0. The Morgan fingerprint density at radius 1 is 0.750 bits per heavy atom. The van der Waals surface area contributed by atoms with Crippen LogP contribution in [0.1, 0.15) is 32.1 Å². The van der Waals surface area contributed by atoms with Gasteiger partial charge in [-0.3, -0.25) is 19.0 Å². The van der Waals surface area contributed by atoms with E-state index < -0.39 is 0 Å². The van der Waals surface area contributed by atoms with Gasteiger partial charge < -0.3 is 19.3 Å². The highest BCUT2D eigenvalue weighted by Gasteiger charge is 2.43. The fourth-order valence-electron chi connectivity index (χ4n) is 4.23. The van der Waals surface area contributed by atoms with Gasteiger partial charge in [-0.2, -0.15) is 10.2 Å². The minimum atomic E-state index is -0.241. The van der Waals surface area contributed by atoms with Crippen LogP contribution in [0.5, 0.6) is 0 Å². The molecule has 4 heterocycles. The molecular weight excluding hydrogens is 364 g/mol. The Morgan fingerprint density at radius 2 is 1.36 bits per heavy atom. The Labute approximate surface area is 161 Å². The molecule has 0 bridgehead atoms. The number of morpholine rings is 2. The monoisotopic (exact) mass is 386 g/mol. The molecule has 10 nitrogen and oxygen atoms in total. The van der Waals surface area contributed by atoms with Crippen molar-refractivity contribution in [1.82, 2.24) is 19.6 Å². The van der Waals surface area contributed by atoms with Crippen LogP contribution < -0.4 is 9.80 Å². The Kier molecular flexibility index (Phi) is 3.98. The zero-order valence-electron chi connectivity index (χ0n) is 16.0. The van der Waals surface area contributed by atoms with E-state index in [9.17, 15) is 9.59 Å². The normalized spacial score (nSPS) is 19.8. The van der Waals surface area contributed by atoms with E-state index in [4.69, 9.17) is 9.47 Å². The Bertz CT molecular complexity index is 965. The number of aromatic nitrogens is 4. The second-order valence-electron chi connectivity index (χ2n) is 7.20. The molecule has 28 heavy (non-hydrogen) atoms. The number of aryl methyl sites for hydroxylation is 2. The van der Waals surface area contributed by atoms with Gasteiger partial charge in [-0.05, 0) is 0 Å². The highest BCUT2D eigenvalue weighted by atomic mass is 16.5. The van der Waals surface area contributed by atoms with Crippen molar-refractivity contribution < 1.29 is 19.1 Å². The predicted molar refractivity (Wildman–Crippen MR) is 99.3 cm³/mol. The summed E-state index contributed by atoms with van der Waals surface area (Å²) in [6, 6.07) is 0. The minimum Gasteiger partial charge on any atom is -0.378 e. The van der Waals surface area contributed by atoms with Crippen molar-refractivity contribution in [2.24, 2.45) is 14.1 Å². The summed E-state index contributed by atoms with van der Waals surface area (Å²) in [6.07, 6.45) is 0. The van der Waals surface area contributed by atoms with Crippen molar-refractivity contribution in [3.63, 3.8) is 0 Å². The van der Waals surface area contributed by atoms with Crippen molar-refractivity contribution >= 4 is 23.2 Å². The number of carbonyl (C=O) groups is 2. The van der Waals surface area contributed by atoms with E-state index in [1.165, 1.54) is 4.68 Å². The maximum atomic E-state index is 13.5. The number of nitrogens with zero attached hydrogens (tertiary/aromatic N) is 6. The second kappa shape index (κ2) is 6.42. The minimum absolute atomic E-state index is 0.200. The van der Waals surface area contributed by atoms with Crippen molar-refractivity contribution in [1.29, 1.82) is 0 Å². The number of rotatable bonds is 2. The molecule has 2 aliphatic heterocycles. The fraction of sp³-hybridized carbons (Fsp3) is 0.556. The molecule has 0 amide bonds. The first kappa shape index (κ1) is 17.4. The zero-order chi connectivity index (χ0) is 19.4. The SMILES string of the molecule is Cn1nc(N2CCOCC2)c2c1C(=O)c1c(nn(C)c1N1CCOCC1)C2=O. The first-order valence-corrected chi connectivity index (χ1v) is 9.46. The van der Waals surface area contributed by atoms with Crippen LogP contribution in [0.3, 0.4) is 0 Å². The fourth-order valence-corrected chi connectivity index (χ4v) is 4.23. The summed E-state index contributed by atoms with van der Waals surface area (Å²) in [6.45, 7) is 4.90. The first-order valence-electron chi connectivity index (χ1n) is 9.46. The molecule has 148 valence electrons. The molecule has 0 saturated carbocycles. The molecule has 0 unspecified atom stereocenters. The number of ketones is 2. The molecule has 0 atom stereocenters. The number of carbonyl (C=O) groups excluding carboxylic acids is 2. The lowest BCUT2D eigenvalue weighted by atomic mass is 9.91. The van der Waals surface area contributed by atoms with Gasteiger partial charge in [0.05, 0.1) is 37.6 Å². The molecule has 0 radical (unpaired) electrons. The van der Waals surface area contributed by atoms with Gasteiger partial charge in [0.25, 0.3) is 0 Å². The van der Waals surface area contributed by atoms with E-state index in [0.717, 1.165) is 0 Å². The highest BCUT2D eigenvalue weighted by molar-refractivity contribution is 6.30. The van der Waals surface area contributed by atoms with E-state index in [1.807, 2.05) is 4.90 Å². The third-order valence-corrected chi connectivity index (χ3v) is 5.55. The van der Waals surface area contributed by atoms with E-state index in [2.05, 4.69) is 15.1 Å². The standard InChI is InChI=1S/C18H22N6O4/c1-21-14-12(17(20-21)23-3-7-27-8-4-23)15(25)13-11(16(14)26)18(22(2)19-13)24-5-9-28-10-6-24/h3-10H2,1-2H3. The maximum Gasteiger partial charge on any atom is 0.220 e. The maximum absolute atomic E-state index is 13.5. The van der Waals surface area contributed by atoms with Crippen LogP contribution in [0, 0.1) is 0 Å². The summed E-state index contributed by atoms with van der Waals surface area (Å²) in [4.78, 5) is 30.9. The van der Waals surface area contributed by atoms with Crippen LogP contribution in [0.25, 0.3) is 0 Å². The summed E-state index contributed by atoms with van der Waals surface area (Å²) in [7, 11) is 3.49. The topological polar surface area (TPSA) is 94.7 Å². The van der Waals surface area contributed by atoms with Crippen LogP contribution in [0.2, 0.25) is 0 Å². The number of anilines is 2. The Hall–Kier alpha value is -2.72. The van der Waals surface area contributed by atoms with Gasteiger partial charge >= 0.3 is 0 Å². The lowest BCUT2D eigenvalue weighted by Crippen LogP contribution is -2.39. The van der Waals surface area contributed by atoms with Crippen LogP contribution in [-0.2, 0) is 23.6 Å². The average molecular weight is 386 g/mol. The summed E-state index contributed by atoms with van der Waals surface area (Å²) in [5, 5.41) is 8.96. The van der Waals surface area contributed by atoms with Gasteiger partial charge in [0, 0.05) is 40.3 Å². The molecular formula is C18H22N6O4. The van der Waals surface area contributed by atoms with E-state index >= 15 is 0 Å². The largest absolute Gasteiger partial charge is 0.378 e. The zero-order valence-corrected chi connectivity index (χ0v) is 16.0. The summed E-state index contributed by atoms with van der Waals surface area (Å²) < 4.78 is 14.0. The molecule has 5 rings (SSSR count). The van der Waals surface area contributed by atoms with Gasteiger partial charge in [-0.15, -0.1) is 0 Å². The smallest absolute Gasteiger partial charge is 0.220 e. The van der Waals surface area contributed by atoms with E-state index in [0.29, 0.717) is 81.1 Å². The average Bonchev–Trinajstić information content (AvgIpc) is 3.25. The predicted octanol–water partition coefficient (Wildman–Crippen LogP) is -0.398. The third-order valence-electron chi connectivity index (χ3n) is 5.55. The molecule has 2 aromatic rings. The molecule has 0 aromatic carbocycles. The third kappa shape index (κ3) is 2.41. The number of ether oxygens (including phenoxy) is 2. The lowest BCUT2D eigenvalue weighted by molar-refractivity contribution is 0.0970. The Balaban J connectivity index is 1.63.